The van der Waals surface area contributed by atoms with Gasteiger partial charge in [0.1, 0.15) is 0 Å². The number of carbonyl (C=O) groups is 2. The number of nitrogens with zero attached hydrogens (tertiary/aromatic N) is 3. The molecule has 0 spiro atoms. The molecule has 0 bridgehead atoms. The number of sulfonamides is 1. The van der Waals surface area contributed by atoms with Crippen molar-refractivity contribution in [3.63, 3.8) is 0 Å². The van der Waals surface area contributed by atoms with E-state index in [2.05, 4.69) is 4.98 Å². The van der Waals surface area contributed by atoms with Crippen molar-refractivity contribution in [2.24, 2.45) is 18.9 Å². The molecule has 31 heavy (non-hydrogen) atoms. The molecule has 0 unspecified atom stereocenters. The number of nitrogens with one attached hydrogen (secondary N) is 2. The lowest BCUT2D eigenvalue weighted by atomic mass is 10.0. The van der Waals surface area contributed by atoms with Gasteiger partial charge in [-0.05, 0) is 24.0 Å². The van der Waals surface area contributed by atoms with Gasteiger partial charge in [-0.3, -0.25) is 15.0 Å². The Kier molecular flexibility index (Phi) is 6.68. The second kappa shape index (κ2) is 8.93. The third kappa shape index (κ3) is 5.41. The fourth-order valence-corrected chi connectivity index (χ4v) is 5.04. The zero-order valence-corrected chi connectivity index (χ0v) is 18.8. The van der Waals surface area contributed by atoms with Crippen LogP contribution in [-0.2, 0) is 21.9 Å². The minimum atomic E-state index is -3.92. The van der Waals surface area contributed by atoms with Crippen LogP contribution in [0.4, 0.5) is 4.39 Å². The Labute approximate surface area is 184 Å². The van der Waals surface area contributed by atoms with Crippen LogP contribution in [0.2, 0.25) is 5.02 Å². The maximum absolute atomic E-state index is 14.4. The van der Waals surface area contributed by atoms with Gasteiger partial charge in [0.15, 0.2) is 5.82 Å². The van der Waals surface area contributed by atoms with Gasteiger partial charge in [-0.25, -0.2) is 17.8 Å². The van der Waals surface area contributed by atoms with Crippen LogP contribution in [0.3, 0.4) is 0 Å². The summed E-state index contributed by atoms with van der Waals surface area (Å²) in [5.74, 6) is -2.66. The average molecular weight is 472 g/mol. The number of amides is 2. The standard InChI is InChI=1S/C19H23ClFN5O4S/c1-11-6-26(12(2)27)7-14(11)9-31(29,30)24-23-19(28)15-4-13(5-16(20)18(15)21)17-8-25(3)10-22-17/h4-5,8,10-11,14,24H,6-7,9H2,1-3H3,(H,23,28)/t11-,14+/m0/s1. The maximum atomic E-state index is 14.4. The van der Waals surface area contributed by atoms with Crippen LogP contribution < -0.4 is 10.3 Å². The minimum Gasteiger partial charge on any atom is -0.342 e. The molecule has 1 aromatic heterocycles. The predicted octanol–water partition coefficient (Wildman–Crippen LogP) is 1.56. The smallest absolute Gasteiger partial charge is 0.269 e. The molecule has 2 aromatic rings. The van der Waals surface area contributed by atoms with Gasteiger partial charge in [0, 0.05) is 38.8 Å². The lowest BCUT2D eigenvalue weighted by molar-refractivity contribution is -0.128. The maximum Gasteiger partial charge on any atom is 0.269 e. The number of hydrogen-bond donors (Lipinski definition) is 2. The summed E-state index contributed by atoms with van der Waals surface area (Å²) in [7, 11) is -2.17. The highest BCUT2D eigenvalue weighted by atomic mass is 35.5. The van der Waals surface area contributed by atoms with Crippen molar-refractivity contribution in [1.82, 2.24) is 24.7 Å². The van der Waals surface area contributed by atoms with Crippen LogP contribution in [0.5, 0.6) is 0 Å². The Bertz CT molecular complexity index is 1120. The fourth-order valence-electron chi connectivity index (χ4n) is 3.49. The van der Waals surface area contributed by atoms with E-state index in [1.165, 1.54) is 25.4 Å². The van der Waals surface area contributed by atoms with E-state index in [9.17, 15) is 22.4 Å². The summed E-state index contributed by atoms with van der Waals surface area (Å²) in [5, 5.41) is -0.291. The predicted molar refractivity (Wildman–Crippen MR) is 113 cm³/mol. The normalized spacial score (nSPS) is 18.9. The molecular weight excluding hydrogens is 449 g/mol. The molecule has 2 heterocycles. The number of benzene rings is 1. The summed E-state index contributed by atoms with van der Waals surface area (Å²) in [6, 6.07) is 2.58. The van der Waals surface area contributed by atoms with E-state index in [0.29, 0.717) is 24.3 Å². The van der Waals surface area contributed by atoms with Gasteiger partial charge in [-0.15, -0.1) is 4.83 Å². The average Bonchev–Trinajstić information content (AvgIpc) is 3.28. The van der Waals surface area contributed by atoms with E-state index in [4.69, 9.17) is 11.6 Å². The van der Waals surface area contributed by atoms with Crippen molar-refractivity contribution < 1.29 is 22.4 Å². The molecule has 2 amide bonds. The van der Waals surface area contributed by atoms with E-state index in [-0.39, 0.29) is 28.5 Å². The van der Waals surface area contributed by atoms with Crippen LogP contribution >= 0.6 is 11.6 Å². The molecule has 0 aliphatic carbocycles. The molecule has 1 fully saturated rings. The molecule has 9 nitrogen and oxygen atoms in total. The number of hydrazine groups is 1. The molecule has 168 valence electrons. The quantitative estimate of drug-likeness (QED) is 0.621. The molecule has 1 saturated heterocycles. The van der Waals surface area contributed by atoms with Crippen LogP contribution in [0.1, 0.15) is 24.2 Å². The summed E-state index contributed by atoms with van der Waals surface area (Å²) >= 11 is 5.92. The summed E-state index contributed by atoms with van der Waals surface area (Å²) in [6.45, 7) is 4.09. The zero-order chi connectivity index (χ0) is 22.9. The Morgan fingerprint density at radius 2 is 2.03 bits per heavy atom. The van der Waals surface area contributed by atoms with Crippen molar-refractivity contribution in [3.05, 3.63) is 41.1 Å². The molecule has 2 atom stereocenters. The number of aromatic nitrogens is 2. The van der Waals surface area contributed by atoms with E-state index in [1.807, 2.05) is 17.2 Å². The van der Waals surface area contributed by atoms with Crippen molar-refractivity contribution in [2.45, 2.75) is 13.8 Å². The van der Waals surface area contributed by atoms with Crippen LogP contribution in [0.25, 0.3) is 11.3 Å². The molecule has 0 saturated carbocycles. The van der Waals surface area contributed by atoms with E-state index >= 15 is 0 Å². The second-order valence-electron chi connectivity index (χ2n) is 7.74. The van der Waals surface area contributed by atoms with Gasteiger partial charge in [0.25, 0.3) is 5.91 Å². The van der Waals surface area contributed by atoms with Crippen molar-refractivity contribution in [2.75, 3.05) is 18.8 Å². The Morgan fingerprint density at radius 3 is 2.61 bits per heavy atom. The number of rotatable bonds is 6. The SMILES string of the molecule is CC(=O)N1C[C@H](CS(=O)(=O)NNC(=O)c2cc(-c3cn(C)cn3)cc(Cl)c2F)[C@@H](C)C1. The summed E-state index contributed by atoms with van der Waals surface area (Å²) in [5.41, 5.74) is 2.49. The molecule has 1 aromatic carbocycles. The molecule has 12 heteroatoms. The Morgan fingerprint density at radius 1 is 1.32 bits per heavy atom. The first kappa shape index (κ1) is 23.2. The molecule has 3 rings (SSSR count). The summed E-state index contributed by atoms with van der Waals surface area (Å²) in [4.78, 5) is 31.7. The topological polar surface area (TPSA) is 113 Å². The first-order valence-electron chi connectivity index (χ1n) is 9.49. The van der Waals surface area contributed by atoms with E-state index in [0.717, 1.165) is 0 Å². The van der Waals surface area contributed by atoms with Gasteiger partial charge in [-0.1, -0.05) is 18.5 Å². The first-order chi connectivity index (χ1) is 14.5. The molecule has 1 aliphatic rings. The van der Waals surface area contributed by atoms with Crippen molar-refractivity contribution >= 4 is 33.4 Å². The third-order valence-corrected chi connectivity index (χ3v) is 6.80. The second-order valence-corrected chi connectivity index (χ2v) is 9.92. The monoisotopic (exact) mass is 471 g/mol. The number of carbonyl (C=O) groups excluding carboxylic acids is 2. The Hall–Kier alpha value is -2.50. The molecule has 2 N–H and O–H groups in total. The highest BCUT2D eigenvalue weighted by molar-refractivity contribution is 7.89. The highest BCUT2D eigenvalue weighted by Crippen LogP contribution is 2.27. The Balaban J connectivity index is 1.70. The summed E-state index contributed by atoms with van der Waals surface area (Å²) in [6.07, 6.45) is 3.21. The first-order valence-corrected chi connectivity index (χ1v) is 11.5. The number of imidazole rings is 1. The highest BCUT2D eigenvalue weighted by Gasteiger charge is 2.34. The summed E-state index contributed by atoms with van der Waals surface area (Å²) < 4.78 is 41.0. The third-order valence-electron chi connectivity index (χ3n) is 5.24. The van der Waals surface area contributed by atoms with Gasteiger partial charge in [0.2, 0.25) is 15.9 Å². The van der Waals surface area contributed by atoms with Crippen molar-refractivity contribution in [3.8, 4) is 11.3 Å². The zero-order valence-electron chi connectivity index (χ0n) is 17.2. The lowest BCUT2D eigenvalue weighted by Gasteiger charge is -2.16. The number of aryl methyl sites for hydroxylation is 1. The number of likely N-dealkylation sites (tertiary alicyclic amines) is 1. The van der Waals surface area contributed by atoms with Gasteiger partial charge >= 0.3 is 0 Å². The van der Waals surface area contributed by atoms with E-state index in [1.54, 1.807) is 22.7 Å². The molecule has 0 radical (unpaired) electrons. The molecule has 1 aliphatic heterocycles. The van der Waals surface area contributed by atoms with Crippen LogP contribution in [0.15, 0.2) is 24.7 Å². The van der Waals surface area contributed by atoms with Gasteiger partial charge < -0.3 is 9.47 Å². The number of hydrogen-bond acceptors (Lipinski definition) is 5. The van der Waals surface area contributed by atoms with Crippen molar-refractivity contribution in [1.29, 1.82) is 0 Å². The van der Waals surface area contributed by atoms with E-state index < -0.39 is 27.3 Å². The lowest BCUT2D eigenvalue weighted by Crippen LogP contribution is -2.44. The largest absolute Gasteiger partial charge is 0.342 e. The van der Waals surface area contributed by atoms with Gasteiger partial charge in [0.05, 0.1) is 28.4 Å². The van der Waals surface area contributed by atoms with Gasteiger partial charge in [-0.2, -0.15) is 0 Å². The fraction of sp³-hybridized carbons (Fsp3) is 0.421. The minimum absolute atomic E-state index is 0.0116. The van der Waals surface area contributed by atoms with Crippen LogP contribution in [0, 0.1) is 17.7 Å². The molecular formula is C19H23ClFN5O4S. The van der Waals surface area contributed by atoms with Crippen LogP contribution in [-0.4, -0.2) is 53.5 Å². The number of halogens is 2.